The van der Waals surface area contributed by atoms with E-state index in [1.165, 1.54) is 18.2 Å². The molecule has 0 atom stereocenters. The van der Waals surface area contributed by atoms with Gasteiger partial charge in [0.05, 0.1) is 4.92 Å². The van der Waals surface area contributed by atoms with Crippen LogP contribution in [-0.2, 0) is 4.79 Å². The van der Waals surface area contributed by atoms with Gasteiger partial charge in [0.2, 0.25) is 5.91 Å². The summed E-state index contributed by atoms with van der Waals surface area (Å²) >= 11 is 16.8. The smallest absolute Gasteiger partial charge is 0.288 e. The summed E-state index contributed by atoms with van der Waals surface area (Å²) in [5.41, 5.74) is 1.64. The van der Waals surface area contributed by atoms with E-state index in [0.29, 0.717) is 16.3 Å². The molecule has 0 spiro atoms. The number of hydrogen-bond donors (Lipinski definition) is 2. The fraction of sp³-hybridized carbons (Fsp3) is 0.0588. The molecule has 1 amide bonds. The Morgan fingerprint density at radius 3 is 2.50 bits per heavy atom. The molecule has 134 valence electrons. The molecular formula is C17H13Cl2N3O3S. The van der Waals surface area contributed by atoms with Gasteiger partial charge in [-0.1, -0.05) is 35.3 Å². The Balaban J connectivity index is 2.00. The van der Waals surface area contributed by atoms with Gasteiger partial charge in [-0.05, 0) is 54.5 Å². The van der Waals surface area contributed by atoms with Crippen molar-refractivity contribution >= 4 is 63.9 Å². The minimum absolute atomic E-state index is 0.0279. The Bertz CT molecular complexity index is 899. The van der Waals surface area contributed by atoms with Crippen LogP contribution in [0.3, 0.4) is 0 Å². The lowest BCUT2D eigenvalue weighted by Gasteiger charge is -2.11. The number of nitrogens with one attached hydrogen (secondary N) is 2. The molecule has 26 heavy (non-hydrogen) atoms. The van der Waals surface area contributed by atoms with Gasteiger partial charge in [0.1, 0.15) is 5.02 Å². The number of aryl methyl sites for hydroxylation is 1. The molecule has 0 aromatic heterocycles. The van der Waals surface area contributed by atoms with Crippen LogP contribution in [0.2, 0.25) is 10.0 Å². The third kappa shape index (κ3) is 5.52. The lowest BCUT2D eigenvalue weighted by Crippen LogP contribution is -2.33. The molecule has 0 aliphatic rings. The van der Waals surface area contributed by atoms with E-state index >= 15 is 0 Å². The molecule has 9 heteroatoms. The summed E-state index contributed by atoms with van der Waals surface area (Å²) in [5, 5.41) is 16.8. The molecule has 6 nitrogen and oxygen atoms in total. The molecule has 0 saturated carbocycles. The number of halogens is 2. The highest BCUT2D eigenvalue weighted by Crippen LogP contribution is 2.30. The molecule has 0 aliphatic heterocycles. The van der Waals surface area contributed by atoms with Crippen molar-refractivity contribution < 1.29 is 9.72 Å². The van der Waals surface area contributed by atoms with Crippen LogP contribution < -0.4 is 10.6 Å². The van der Waals surface area contributed by atoms with E-state index in [4.69, 9.17) is 35.4 Å². The first kappa shape index (κ1) is 19.8. The van der Waals surface area contributed by atoms with E-state index in [2.05, 4.69) is 10.6 Å². The normalized spacial score (nSPS) is 10.6. The van der Waals surface area contributed by atoms with Crippen LogP contribution in [-0.4, -0.2) is 15.9 Å². The molecule has 2 rings (SSSR count). The Labute approximate surface area is 165 Å². The number of anilines is 1. The fourth-order valence-electron chi connectivity index (χ4n) is 1.99. The first-order chi connectivity index (χ1) is 12.3. The monoisotopic (exact) mass is 409 g/mol. The average molecular weight is 410 g/mol. The van der Waals surface area contributed by atoms with Crippen LogP contribution >= 0.6 is 35.4 Å². The van der Waals surface area contributed by atoms with Crippen molar-refractivity contribution in [3.63, 3.8) is 0 Å². The number of thiocarbonyl (C=S) groups is 1. The average Bonchev–Trinajstić information content (AvgIpc) is 2.57. The van der Waals surface area contributed by atoms with Crippen LogP contribution in [0, 0.1) is 17.0 Å². The van der Waals surface area contributed by atoms with Crippen molar-refractivity contribution in [3.8, 4) is 0 Å². The van der Waals surface area contributed by atoms with E-state index in [-0.39, 0.29) is 15.8 Å². The second-order valence-electron chi connectivity index (χ2n) is 5.20. The molecule has 0 saturated heterocycles. The molecule has 0 bridgehead atoms. The standard InChI is InChI=1S/C17H13Cl2N3O3S/c1-10-8-15(22(24)25)13(19)9-14(10)20-17(26)21-16(23)7-4-11-2-5-12(18)6-3-11/h2-9H,1H3,(H2,20,21,23,26)/b7-4+. The molecule has 2 N–H and O–H groups in total. The molecule has 0 aliphatic carbocycles. The van der Waals surface area contributed by atoms with Gasteiger partial charge in [0, 0.05) is 22.9 Å². The third-order valence-corrected chi connectivity index (χ3v) is 4.03. The van der Waals surface area contributed by atoms with Crippen LogP contribution in [0.1, 0.15) is 11.1 Å². The highest BCUT2D eigenvalue weighted by atomic mass is 35.5. The van der Waals surface area contributed by atoms with Gasteiger partial charge in [-0.2, -0.15) is 0 Å². The SMILES string of the molecule is Cc1cc([N+](=O)[O-])c(Cl)cc1NC(=S)NC(=O)/C=C/c1ccc(Cl)cc1. The molecule has 2 aromatic carbocycles. The van der Waals surface area contributed by atoms with Crippen molar-refractivity contribution in [2.24, 2.45) is 0 Å². The Morgan fingerprint density at radius 1 is 1.23 bits per heavy atom. The minimum atomic E-state index is -0.569. The van der Waals surface area contributed by atoms with Crippen LogP contribution in [0.25, 0.3) is 6.08 Å². The number of hydrogen-bond acceptors (Lipinski definition) is 4. The van der Waals surface area contributed by atoms with E-state index in [1.54, 1.807) is 37.3 Å². The van der Waals surface area contributed by atoms with Gasteiger partial charge >= 0.3 is 0 Å². The molecule has 2 aromatic rings. The van der Waals surface area contributed by atoms with Gasteiger partial charge in [-0.3, -0.25) is 20.2 Å². The number of benzene rings is 2. The summed E-state index contributed by atoms with van der Waals surface area (Å²) in [6, 6.07) is 9.68. The lowest BCUT2D eigenvalue weighted by molar-refractivity contribution is -0.384. The van der Waals surface area contributed by atoms with Gasteiger partial charge in [-0.15, -0.1) is 0 Å². The number of nitro groups is 1. The molecule has 0 radical (unpaired) electrons. The predicted molar refractivity (Wildman–Crippen MR) is 108 cm³/mol. The number of rotatable bonds is 4. The number of nitrogens with zero attached hydrogens (tertiary/aromatic N) is 1. The van der Waals surface area contributed by atoms with Gasteiger partial charge in [0.25, 0.3) is 5.69 Å². The maximum absolute atomic E-state index is 11.9. The third-order valence-electron chi connectivity index (χ3n) is 3.27. The van der Waals surface area contributed by atoms with Crippen molar-refractivity contribution in [2.75, 3.05) is 5.32 Å². The summed E-state index contributed by atoms with van der Waals surface area (Å²) in [4.78, 5) is 22.2. The largest absolute Gasteiger partial charge is 0.332 e. The van der Waals surface area contributed by atoms with Crippen molar-refractivity contribution in [1.82, 2.24) is 5.32 Å². The van der Waals surface area contributed by atoms with Gasteiger partial charge in [0.15, 0.2) is 5.11 Å². The summed E-state index contributed by atoms with van der Waals surface area (Å²) in [6.45, 7) is 1.66. The summed E-state index contributed by atoms with van der Waals surface area (Å²) < 4.78 is 0. The fourth-order valence-corrected chi connectivity index (χ4v) is 2.56. The Hall–Kier alpha value is -2.48. The molecule has 0 fully saturated rings. The zero-order valence-corrected chi connectivity index (χ0v) is 15.8. The number of carbonyl (C=O) groups excluding carboxylic acids is 1. The van der Waals surface area contributed by atoms with E-state index < -0.39 is 10.8 Å². The second-order valence-corrected chi connectivity index (χ2v) is 6.46. The van der Waals surface area contributed by atoms with Crippen LogP contribution in [0.4, 0.5) is 11.4 Å². The first-order valence-electron chi connectivity index (χ1n) is 7.26. The maximum Gasteiger partial charge on any atom is 0.288 e. The second kappa shape index (κ2) is 8.75. The van der Waals surface area contributed by atoms with Crippen LogP contribution in [0.15, 0.2) is 42.5 Å². The van der Waals surface area contributed by atoms with Crippen molar-refractivity contribution in [2.45, 2.75) is 6.92 Å². The quantitative estimate of drug-likeness (QED) is 0.329. The minimum Gasteiger partial charge on any atom is -0.332 e. The summed E-state index contributed by atoms with van der Waals surface area (Å²) in [6.07, 6.45) is 2.94. The highest BCUT2D eigenvalue weighted by molar-refractivity contribution is 7.80. The maximum atomic E-state index is 11.9. The molecular weight excluding hydrogens is 397 g/mol. The lowest BCUT2D eigenvalue weighted by atomic mass is 10.2. The van der Waals surface area contributed by atoms with Crippen molar-refractivity contribution in [1.29, 1.82) is 0 Å². The van der Waals surface area contributed by atoms with Gasteiger partial charge in [-0.25, -0.2) is 0 Å². The predicted octanol–water partition coefficient (Wildman–Crippen LogP) is 4.74. The number of carbonyl (C=O) groups is 1. The van der Waals surface area contributed by atoms with E-state index in [9.17, 15) is 14.9 Å². The van der Waals surface area contributed by atoms with Crippen LogP contribution in [0.5, 0.6) is 0 Å². The Morgan fingerprint density at radius 2 is 1.88 bits per heavy atom. The molecule has 0 unspecified atom stereocenters. The highest BCUT2D eigenvalue weighted by Gasteiger charge is 2.15. The Kier molecular flexibility index (Phi) is 6.68. The van der Waals surface area contributed by atoms with E-state index in [0.717, 1.165) is 5.56 Å². The number of nitro benzene ring substituents is 1. The van der Waals surface area contributed by atoms with Crippen molar-refractivity contribution in [3.05, 3.63) is 73.8 Å². The van der Waals surface area contributed by atoms with E-state index in [1.807, 2.05) is 0 Å². The topological polar surface area (TPSA) is 84.3 Å². The zero-order valence-electron chi connectivity index (χ0n) is 13.5. The summed E-state index contributed by atoms with van der Waals surface area (Å²) in [7, 11) is 0. The zero-order chi connectivity index (χ0) is 19.3. The summed E-state index contributed by atoms with van der Waals surface area (Å²) in [5.74, 6) is -0.428. The molecule has 0 heterocycles. The number of amides is 1. The van der Waals surface area contributed by atoms with Gasteiger partial charge < -0.3 is 5.32 Å². The first-order valence-corrected chi connectivity index (χ1v) is 8.43.